The summed E-state index contributed by atoms with van der Waals surface area (Å²) in [6.07, 6.45) is 0.933. The van der Waals surface area contributed by atoms with E-state index in [2.05, 4.69) is 34.7 Å². The van der Waals surface area contributed by atoms with Gasteiger partial charge in [-0.2, -0.15) is 0 Å². The molecule has 0 aliphatic heterocycles. The van der Waals surface area contributed by atoms with Crippen LogP contribution in [0.3, 0.4) is 0 Å². The number of aromatic nitrogens is 2. The van der Waals surface area contributed by atoms with Crippen molar-refractivity contribution >= 4 is 40.6 Å². The van der Waals surface area contributed by atoms with Gasteiger partial charge in [0.1, 0.15) is 5.82 Å². The second-order valence-corrected chi connectivity index (χ2v) is 7.86. The average molecular weight is 382 g/mol. The third-order valence-electron chi connectivity index (χ3n) is 3.07. The lowest BCUT2D eigenvalue weighted by Crippen LogP contribution is -2.26. The number of carbonyl (C=O) groups excluding carboxylic acids is 2. The van der Waals surface area contributed by atoms with Crippen molar-refractivity contribution < 1.29 is 14.0 Å². The van der Waals surface area contributed by atoms with Crippen LogP contribution >= 0.6 is 23.1 Å². The molecule has 1 aromatic heterocycles. The zero-order valence-corrected chi connectivity index (χ0v) is 15.5. The van der Waals surface area contributed by atoms with E-state index in [0.717, 1.165) is 17.8 Å². The molecule has 134 valence electrons. The molecule has 0 unspecified atom stereocenters. The number of halogens is 1. The monoisotopic (exact) mass is 382 g/mol. The minimum Gasteiger partial charge on any atom is -0.355 e. The van der Waals surface area contributed by atoms with Crippen molar-refractivity contribution in [1.82, 2.24) is 15.5 Å². The van der Waals surface area contributed by atoms with Gasteiger partial charge in [0.2, 0.25) is 10.9 Å². The van der Waals surface area contributed by atoms with Crippen molar-refractivity contribution in [3.63, 3.8) is 0 Å². The van der Waals surface area contributed by atoms with Gasteiger partial charge in [-0.1, -0.05) is 36.9 Å². The molecule has 2 aromatic rings. The molecule has 0 saturated carbocycles. The minimum atomic E-state index is -0.419. The largest absolute Gasteiger partial charge is 0.355 e. The summed E-state index contributed by atoms with van der Waals surface area (Å²) >= 11 is 2.35. The number of rotatable bonds is 8. The Morgan fingerprint density at radius 1 is 1.24 bits per heavy atom. The molecular formula is C16H19FN4O2S2. The van der Waals surface area contributed by atoms with Crippen LogP contribution in [0.1, 0.15) is 30.1 Å². The molecule has 2 amide bonds. The van der Waals surface area contributed by atoms with Crippen LogP contribution in [0, 0.1) is 11.7 Å². The van der Waals surface area contributed by atoms with Crippen molar-refractivity contribution in [2.75, 3.05) is 17.6 Å². The summed E-state index contributed by atoms with van der Waals surface area (Å²) in [6, 6.07) is 5.45. The first-order valence-electron chi connectivity index (χ1n) is 7.74. The van der Waals surface area contributed by atoms with E-state index in [9.17, 15) is 14.0 Å². The van der Waals surface area contributed by atoms with Crippen molar-refractivity contribution in [3.05, 3.63) is 35.1 Å². The number of hydrogen-bond acceptors (Lipinski definition) is 6. The van der Waals surface area contributed by atoms with Gasteiger partial charge in [-0.3, -0.25) is 9.59 Å². The maximum Gasteiger partial charge on any atom is 0.286 e. The lowest BCUT2D eigenvalue weighted by atomic mass is 10.1. The molecule has 0 radical (unpaired) electrons. The number of thioether (sulfide) groups is 1. The third kappa shape index (κ3) is 6.79. The van der Waals surface area contributed by atoms with Gasteiger partial charge in [-0.15, -0.1) is 10.2 Å². The molecule has 1 aromatic carbocycles. The SMILES string of the molecule is CC(C)CCNC(=O)CSc1nnc(C(=O)Nc2ccc(F)cc2)s1. The van der Waals surface area contributed by atoms with Crippen molar-refractivity contribution in [1.29, 1.82) is 0 Å². The first kappa shape index (κ1) is 19.3. The maximum atomic E-state index is 12.8. The van der Waals surface area contributed by atoms with Crippen LogP contribution in [-0.4, -0.2) is 34.3 Å². The van der Waals surface area contributed by atoms with Gasteiger partial charge in [0.25, 0.3) is 5.91 Å². The Kier molecular flexibility index (Phi) is 7.32. The van der Waals surface area contributed by atoms with Gasteiger partial charge < -0.3 is 10.6 Å². The van der Waals surface area contributed by atoms with E-state index >= 15 is 0 Å². The number of nitrogens with zero attached hydrogens (tertiary/aromatic N) is 2. The molecule has 0 fully saturated rings. The van der Waals surface area contributed by atoms with E-state index in [1.54, 1.807) is 0 Å². The fourth-order valence-electron chi connectivity index (χ4n) is 1.76. The second-order valence-electron chi connectivity index (χ2n) is 5.66. The van der Waals surface area contributed by atoms with E-state index in [1.807, 2.05) is 0 Å². The predicted molar refractivity (Wildman–Crippen MR) is 97.5 cm³/mol. The van der Waals surface area contributed by atoms with Gasteiger partial charge in [0, 0.05) is 12.2 Å². The van der Waals surface area contributed by atoms with Gasteiger partial charge in [0.15, 0.2) is 4.34 Å². The highest BCUT2D eigenvalue weighted by Crippen LogP contribution is 2.23. The Morgan fingerprint density at radius 2 is 1.96 bits per heavy atom. The summed E-state index contributed by atoms with van der Waals surface area (Å²) in [6.45, 7) is 4.85. The lowest BCUT2D eigenvalue weighted by Gasteiger charge is -2.05. The predicted octanol–water partition coefficient (Wildman–Crippen LogP) is 3.18. The Hall–Kier alpha value is -2.00. The molecule has 6 nitrogen and oxygen atoms in total. The Balaban J connectivity index is 1.80. The Labute approximate surface area is 153 Å². The van der Waals surface area contributed by atoms with Gasteiger partial charge >= 0.3 is 0 Å². The minimum absolute atomic E-state index is 0.0711. The topological polar surface area (TPSA) is 84.0 Å². The summed E-state index contributed by atoms with van der Waals surface area (Å²) in [7, 11) is 0. The summed E-state index contributed by atoms with van der Waals surface area (Å²) in [4.78, 5) is 23.8. The van der Waals surface area contributed by atoms with Gasteiger partial charge in [0.05, 0.1) is 5.75 Å². The molecular weight excluding hydrogens is 363 g/mol. The third-order valence-corrected chi connectivity index (χ3v) is 5.13. The molecule has 25 heavy (non-hydrogen) atoms. The highest BCUT2D eigenvalue weighted by atomic mass is 32.2. The number of hydrogen-bond donors (Lipinski definition) is 2. The highest BCUT2D eigenvalue weighted by Gasteiger charge is 2.14. The fourth-order valence-corrected chi connectivity index (χ4v) is 3.33. The van der Waals surface area contributed by atoms with Crippen LogP contribution in [0.15, 0.2) is 28.6 Å². The normalized spacial score (nSPS) is 10.7. The molecule has 1 heterocycles. The lowest BCUT2D eigenvalue weighted by molar-refractivity contribution is -0.118. The van der Waals surface area contributed by atoms with Crippen LogP contribution in [-0.2, 0) is 4.79 Å². The second kappa shape index (κ2) is 9.47. The first-order chi connectivity index (χ1) is 11.9. The van der Waals surface area contributed by atoms with Crippen LogP contribution in [0.5, 0.6) is 0 Å². The highest BCUT2D eigenvalue weighted by molar-refractivity contribution is 8.01. The van der Waals surface area contributed by atoms with E-state index in [1.165, 1.54) is 36.0 Å². The summed E-state index contributed by atoms with van der Waals surface area (Å²) < 4.78 is 13.4. The Bertz CT molecular complexity index is 719. The van der Waals surface area contributed by atoms with Crippen LogP contribution in [0.2, 0.25) is 0 Å². The first-order valence-corrected chi connectivity index (χ1v) is 9.54. The van der Waals surface area contributed by atoms with Gasteiger partial charge in [-0.25, -0.2) is 4.39 Å². The van der Waals surface area contributed by atoms with Crippen LogP contribution < -0.4 is 10.6 Å². The summed E-state index contributed by atoms with van der Waals surface area (Å²) in [5.41, 5.74) is 0.473. The molecule has 9 heteroatoms. The number of amides is 2. The fraction of sp³-hybridized carbons (Fsp3) is 0.375. The molecule has 0 saturated heterocycles. The van der Waals surface area contributed by atoms with Crippen molar-refractivity contribution in [2.45, 2.75) is 24.6 Å². The number of carbonyl (C=O) groups is 2. The smallest absolute Gasteiger partial charge is 0.286 e. The molecule has 2 rings (SSSR count). The average Bonchev–Trinajstić information content (AvgIpc) is 3.04. The molecule has 0 bridgehead atoms. The van der Waals surface area contributed by atoms with Crippen molar-refractivity contribution in [2.24, 2.45) is 5.92 Å². The van der Waals surface area contributed by atoms with Crippen LogP contribution in [0.4, 0.5) is 10.1 Å². The summed E-state index contributed by atoms with van der Waals surface area (Å²) in [5, 5.41) is 13.4. The van der Waals surface area contributed by atoms with E-state index in [-0.39, 0.29) is 22.5 Å². The standard InChI is InChI=1S/C16H19FN4O2S2/c1-10(2)7-8-18-13(22)9-24-16-21-20-15(25-16)14(23)19-12-5-3-11(17)4-6-12/h3-6,10H,7-9H2,1-2H3,(H,18,22)(H,19,23). The summed E-state index contributed by atoms with van der Waals surface area (Å²) in [5.74, 6) is -0.0974. The van der Waals surface area contributed by atoms with E-state index in [4.69, 9.17) is 0 Å². The zero-order valence-electron chi connectivity index (χ0n) is 13.9. The molecule has 0 aliphatic rings. The van der Waals surface area contributed by atoms with E-state index in [0.29, 0.717) is 22.5 Å². The maximum absolute atomic E-state index is 12.8. The molecule has 0 atom stereocenters. The number of benzene rings is 1. The quantitative estimate of drug-likeness (QED) is 0.685. The molecule has 2 N–H and O–H groups in total. The van der Waals surface area contributed by atoms with E-state index < -0.39 is 5.91 Å². The van der Waals surface area contributed by atoms with Crippen molar-refractivity contribution in [3.8, 4) is 0 Å². The molecule has 0 aliphatic carbocycles. The number of nitrogens with one attached hydrogen (secondary N) is 2. The Morgan fingerprint density at radius 3 is 2.64 bits per heavy atom. The van der Waals surface area contributed by atoms with Gasteiger partial charge in [-0.05, 0) is 36.6 Å². The zero-order chi connectivity index (χ0) is 18.2. The molecule has 0 spiro atoms. The number of anilines is 1. The van der Waals surface area contributed by atoms with Crippen LogP contribution in [0.25, 0.3) is 0 Å².